The lowest BCUT2D eigenvalue weighted by molar-refractivity contribution is -0.121. The minimum atomic E-state index is 0.0430. The third-order valence-electron chi connectivity index (χ3n) is 4.80. The van der Waals surface area contributed by atoms with E-state index in [-0.39, 0.29) is 5.91 Å². The lowest BCUT2D eigenvalue weighted by atomic mass is 10.2. The van der Waals surface area contributed by atoms with Crippen LogP contribution in [0.4, 0.5) is 0 Å². The zero-order valence-corrected chi connectivity index (χ0v) is 16.6. The van der Waals surface area contributed by atoms with Crippen molar-refractivity contribution in [3.8, 4) is 5.75 Å². The van der Waals surface area contributed by atoms with Gasteiger partial charge in [0.2, 0.25) is 5.91 Å². The van der Waals surface area contributed by atoms with Gasteiger partial charge in [0.15, 0.2) is 0 Å². The Labute approximate surface area is 165 Å². The van der Waals surface area contributed by atoms with Gasteiger partial charge in [-0.1, -0.05) is 18.0 Å². The highest BCUT2D eigenvalue weighted by Gasteiger charge is 2.14. The van der Waals surface area contributed by atoms with E-state index in [1.165, 1.54) is 19.3 Å². The summed E-state index contributed by atoms with van der Waals surface area (Å²) in [6.07, 6.45) is 6.46. The zero-order valence-electron chi connectivity index (χ0n) is 15.8. The van der Waals surface area contributed by atoms with Crippen LogP contribution in [-0.2, 0) is 24.2 Å². The van der Waals surface area contributed by atoms with Gasteiger partial charge >= 0.3 is 0 Å². The fraction of sp³-hybridized carbons (Fsp3) is 0.550. The van der Waals surface area contributed by atoms with Crippen LogP contribution in [0.1, 0.15) is 49.3 Å². The first-order valence-corrected chi connectivity index (χ1v) is 10.1. The first kappa shape index (κ1) is 19.7. The molecule has 0 saturated heterocycles. The van der Waals surface area contributed by atoms with E-state index in [0.717, 1.165) is 47.4 Å². The Morgan fingerprint density at radius 1 is 1.30 bits per heavy atom. The number of halogens is 1. The number of rotatable bonds is 8. The Bertz CT molecular complexity index is 775. The maximum atomic E-state index is 12.0. The minimum Gasteiger partial charge on any atom is -0.494 e. The SMILES string of the molecule is Cc1cc(OCCCC(=O)NCCc2nnc3n2CCCCC3)ccc1Cl. The Balaban J connectivity index is 1.33. The molecule has 0 bridgehead atoms. The maximum absolute atomic E-state index is 12.0. The number of carbonyl (C=O) groups is 1. The highest BCUT2D eigenvalue weighted by Crippen LogP contribution is 2.21. The molecule has 1 aliphatic heterocycles. The van der Waals surface area contributed by atoms with Crippen LogP contribution in [0.3, 0.4) is 0 Å². The van der Waals surface area contributed by atoms with Crippen molar-refractivity contribution >= 4 is 17.5 Å². The smallest absolute Gasteiger partial charge is 0.220 e. The zero-order chi connectivity index (χ0) is 19.1. The first-order chi connectivity index (χ1) is 13.1. The van der Waals surface area contributed by atoms with Gasteiger partial charge in [0.25, 0.3) is 0 Å². The number of ether oxygens (including phenoxy) is 1. The van der Waals surface area contributed by atoms with E-state index in [9.17, 15) is 4.79 Å². The third-order valence-corrected chi connectivity index (χ3v) is 5.23. The van der Waals surface area contributed by atoms with Gasteiger partial charge in [-0.15, -0.1) is 10.2 Å². The topological polar surface area (TPSA) is 69.0 Å². The van der Waals surface area contributed by atoms with Crippen molar-refractivity contribution in [3.63, 3.8) is 0 Å². The molecule has 1 aromatic carbocycles. The fourth-order valence-electron chi connectivity index (χ4n) is 3.26. The van der Waals surface area contributed by atoms with E-state index in [4.69, 9.17) is 16.3 Å². The monoisotopic (exact) mass is 390 g/mol. The Morgan fingerprint density at radius 3 is 3.04 bits per heavy atom. The van der Waals surface area contributed by atoms with Crippen LogP contribution < -0.4 is 10.1 Å². The second-order valence-corrected chi connectivity index (χ2v) is 7.36. The molecule has 2 heterocycles. The van der Waals surface area contributed by atoms with Crippen molar-refractivity contribution in [2.24, 2.45) is 0 Å². The molecule has 3 rings (SSSR count). The highest BCUT2D eigenvalue weighted by molar-refractivity contribution is 6.31. The molecule has 0 saturated carbocycles. The summed E-state index contributed by atoms with van der Waals surface area (Å²) in [4.78, 5) is 12.0. The summed E-state index contributed by atoms with van der Waals surface area (Å²) in [5.74, 6) is 2.89. The molecule has 0 radical (unpaired) electrons. The van der Waals surface area contributed by atoms with Gasteiger partial charge in [-0.05, 0) is 49.9 Å². The summed E-state index contributed by atoms with van der Waals surface area (Å²) >= 11 is 6.00. The average Bonchev–Trinajstić information content (AvgIpc) is 2.88. The number of nitrogens with zero attached hydrogens (tertiary/aromatic N) is 3. The number of nitrogens with one attached hydrogen (secondary N) is 1. The van der Waals surface area contributed by atoms with Gasteiger partial charge in [-0.2, -0.15) is 0 Å². The lowest BCUT2D eigenvalue weighted by Crippen LogP contribution is -2.26. The van der Waals surface area contributed by atoms with Crippen molar-refractivity contribution in [1.29, 1.82) is 0 Å². The quantitative estimate of drug-likeness (QED) is 0.700. The summed E-state index contributed by atoms with van der Waals surface area (Å²) < 4.78 is 7.89. The first-order valence-electron chi connectivity index (χ1n) is 9.70. The van der Waals surface area contributed by atoms with Gasteiger partial charge in [0.1, 0.15) is 17.4 Å². The van der Waals surface area contributed by atoms with Crippen molar-refractivity contribution in [1.82, 2.24) is 20.1 Å². The summed E-state index contributed by atoms with van der Waals surface area (Å²) in [5, 5.41) is 12.3. The molecule has 1 N–H and O–H groups in total. The molecule has 6 nitrogen and oxygen atoms in total. The third kappa shape index (κ3) is 5.70. The number of hydrogen-bond donors (Lipinski definition) is 1. The molecule has 2 aromatic rings. The van der Waals surface area contributed by atoms with E-state index in [1.807, 2.05) is 25.1 Å². The second-order valence-electron chi connectivity index (χ2n) is 6.96. The molecule has 27 heavy (non-hydrogen) atoms. The molecule has 0 spiro atoms. The lowest BCUT2D eigenvalue weighted by Gasteiger charge is -2.09. The fourth-order valence-corrected chi connectivity index (χ4v) is 3.38. The van der Waals surface area contributed by atoms with Crippen molar-refractivity contribution in [2.75, 3.05) is 13.2 Å². The molecule has 7 heteroatoms. The Hall–Kier alpha value is -2.08. The van der Waals surface area contributed by atoms with Crippen LogP contribution in [0, 0.1) is 6.92 Å². The van der Waals surface area contributed by atoms with Crippen LogP contribution in [-0.4, -0.2) is 33.8 Å². The van der Waals surface area contributed by atoms with E-state index in [1.54, 1.807) is 0 Å². The van der Waals surface area contributed by atoms with Gasteiger partial charge in [-0.3, -0.25) is 4.79 Å². The molecule has 1 aromatic heterocycles. The second kappa shape index (κ2) is 9.74. The number of fused-ring (bicyclic) bond motifs is 1. The molecule has 0 unspecified atom stereocenters. The van der Waals surface area contributed by atoms with E-state index in [2.05, 4.69) is 20.1 Å². The van der Waals surface area contributed by atoms with Gasteiger partial charge in [-0.25, -0.2) is 0 Å². The summed E-state index contributed by atoms with van der Waals surface area (Å²) in [5.41, 5.74) is 0.985. The number of benzene rings is 1. The molecule has 1 amide bonds. The van der Waals surface area contributed by atoms with E-state index < -0.39 is 0 Å². The standard InChI is InChI=1S/C20H27ClN4O2/c1-15-14-16(8-9-17(15)21)27-13-5-7-20(26)22-11-10-19-24-23-18-6-3-2-4-12-25(18)19/h8-9,14H,2-7,10-13H2,1H3,(H,22,26). The van der Waals surface area contributed by atoms with E-state index in [0.29, 0.717) is 26.0 Å². The minimum absolute atomic E-state index is 0.0430. The highest BCUT2D eigenvalue weighted by atomic mass is 35.5. The molecule has 146 valence electrons. The number of aromatic nitrogens is 3. The Kier molecular flexibility index (Phi) is 7.10. The molecule has 0 atom stereocenters. The predicted octanol–water partition coefficient (Wildman–Crippen LogP) is 3.48. The van der Waals surface area contributed by atoms with Crippen LogP contribution in [0.25, 0.3) is 0 Å². The number of aryl methyl sites for hydroxylation is 2. The van der Waals surface area contributed by atoms with Crippen LogP contribution in [0.2, 0.25) is 5.02 Å². The van der Waals surface area contributed by atoms with Crippen molar-refractivity contribution in [2.45, 2.75) is 58.4 Å². The summed E-state index contributed by atoms with van der Waals surface area (Å²) in [7, 11) is 0. The molecule has 1 aliphatic rings. The van der Waals surface area contributed by atoms with E-state index >= 15 is 0 Å². The number of amides is 1. The predicted molar refractivity (Wildman–Crippen MR) is 105 cm³/mol. The number of carbonyl (C=O) groups excluding carboxylic acids is 1. The molecular weight excluding hydrogens is 364 g/mol. The van der Waals surface area contributed by atoms with Crippen LogP contribution in [0.5, 0.6) is 5.75 Å². The van der Waals surface area contributed by atoms with Crippen molar-refractivity contribution < 1.29 is 9.53 Å². The normalized spacial score (nSPS) is 13.7. The van der Waals surface area contributed by atoms with Crippen LogP contribution >= 0.6 is 11.6 Å². The molecular formula is C20H27ClN4O2. The van der Waals surface area contributed by atoms with Crippen molar-refractivity contribution in [3.05, 3.63) is 40.4 Å². The summed E-state index contributed by atoms with van der Waals surface area (Å²) in [6.45, 7) is 4.03. The summed E-state index contributed by atoms with van der Waals surface area (Å²) in [6, 6.07) is 5.57. The average molecular weight is 391 g/mol. The number of hydrogen-bond acceptors (Lipinski definition) is 4. The van der Waals surface area contributed by atoms with Gasteiger partial charge in [0.05, 0.1) is 6.61 Å². The molecule has 0 fully saturated rings. The molecule has 0 aliphatic carbocycles. The maximum Gasteiger partial charge on any atom is 0.220 e. The van der Waals surface area contributed by atoms with Crippen LogP contribution in [0.15, 0.2) is 18.2 Å². The van der Waals surface area contributed by atoms with Gasteiger partial charge in [0, 0.05) is 37.4 Å². The largest absolute Gasteiger partial charge is 0.494 e. The van der Waals surface area contributed by atoms with Gasteiger partial charge < -0.3 is 14.6 Å². The Morgan fingerprint density at radius 2 is 2.19 bits per heavy atom.